The van der Waals surface area contributed by atoms with E-state index in [4.69, 9.17) is 5.73 Å². The van der Waals surface area contributed by atoms with Crippen molar-refractivity contribution in [1.29, 1.82) is 0 Å². The second-order valence-corrected chi connectivity index (χ2v) is 4.48. The lowest BCUT2D eigenvalue weighted by Crippen LogP contribution is -2.22. The monoisotopic (exact) mass is 326 g/mol. The van der Waals surface area contributed by atoms with Crippen LogP contribution in [0.25, 0.3) is 11.1 Å². The highest BCUT2D eigenvalue weighted by Gasteiger charge is 2.23. The molecular formula is C15H10F4N2O2. The number of nitrogens with one attached hydrogen (secondary N) is 1. The third kappa shape index (κ3) is 3.31. The van der Waals surface area contributed by atoms with Crippen molar-refractivity contribution in [2.24, 2.45) is 5.73 Å². The highest BCUT2D eigenvalue weighted by molar-refractivity contribution is 6.00. The summed E-state index contributed by atoms with van der Waals surface area (Å²) in [4.78, 5) is 22.4. The molecule has 2 aromatic rings. The average Bonchev–Trinajstić information content (AvgIpc) is 2.51. The van der Waals surface area contributed by atoms with E-state index >= 15 is 0 Å². The molecule has 23 heavy (non-hydrogen) atoms. The van der Waals surface area contributed by atoms with Crippen molar-refractivity contribution in [1.82, 2.24) is 0 Å². The molecule has 0 radical (unpaired) electrons. The summed E-state index contributed by atoms with van der Waals surface area (Å²) in [6.45, 7) is 0. The summed E-state index contributed by atoms with van der Waals surface area (Å²) in [6, 6.07) is 7.47. The van der Waals surface area contributed by atoms with Gasteiger partial charge in [0.15, 0.2) is 5.82 Å². The summed E-state index contributed by atoms with van der Waals surface area (Å²) < 4.78 is 52.6. The van der Waals surface area contributed by atoms with E-state index in [9.17, 15) is 27.2 Å². The Morgan fingerprint density at radius 1 is 1.00 bits per heavy atom. The molecule has 0 saturated carbocycles. The Labute approximate surface area is 127 Å². The molecule has 0 saturated heterocycles. The highest BCUT2D eigenvalue weighted by Crippen LogP contribution is 2.32. The number of primary amides is 1. The molecular weight excluding hydrogens is 316 g/mol. The smallest absolute Gasteiger partial charge is 0.315 e. The molecule has 0 aliphatic heterocycles. The van der Waals surface area contributed by atoms with Crippen LogP contribution in [-0.2, 0) is 4.79 Å². The molecule has 0 aliphatic rings. The minimum Gasteiger partial charge on any atom is -0.366 e. The van der Waals surface area contributed by atoms with E-state index in [0.717, 1.165) is 12.1 Å². The van der Waals surface area contributed by atoms with Crippen LogP contribution in [0, 0.1) is 11.6 Å². The Hall–Kier alpha value is -2.90. The first-order valence-electron chi connectivity index (χ1n) is 6.29. The van der Waals surface area contributed by atoms with Crippen molar-refractivity contribution >= 4 is 17.5 Å². The summed E-state index contributed by atoms with van der Waals surface area (Å²) in [6.07, 6.45) is -3.43. The molecule has 0 aromatic heterocycles. The molecule has 8 heteroatoms. The van der Waals surface area contributed by atoms with E-state index in [2.05, 4.69) is 0 Å². The van der Waals surface area contributed by atoms with E-state index < -0.39 is 35.6 Å². The zero-order valence-electron chi connectivity index (χ0n) is 11.4. The van der Waals surface area contributed by atoms with Crippen LogP contribution in [0.3, 0.4) is 0 Å². The summed E-state index contributed by atoms with van der Waals surface area (Å²) in [7, 11) is 0. The maximum Gasteiger partial charge on any atom is 0.315 e. The first kappa shape index (κ1) is 16.5. The molecule has 0 heterocycles. The predicted molar refractivity (Wildman–Crippen MR) is 74.9 cm³/mol. The lowest BCUT2D eigenvalue weighted by Gasteiger charge is -2.12. The van der Waals surface area contributed by atoms with Gasteiger partial charge in [0.2, 0.25) is 5.91 Å². The van der Waals surface area contributed by atoms with Crippen LogP contribution in [0.2, 0.25) is 0 Å². The number of carbonyl (C=O) groups excluding carboxylic acids is 2. The van der Waals surface area contributed by atoms with E-state index in [-0.39, 0.29) is 16.7 Å². The minimum atomic E-state index is -3.43. The van der Waals surface area contributed by atoms with Crippen LogP contribution < -0.4 is 11.1 Å². The van der Waals surface area contributed by atoms with Gasteiger partial charge in [-0.05, 0) is 23.8 Å². The van der Waals surface area contributed by atoms with E-state index in [1.165, 1.54) is 29.6 Å². The van der Waals surface area contributed by atoms with Gasteiger partial charge in [-0.1, -0.05) is 18.2 Å². The fraction of sp³-hybridized carbons (Fsp3) is 0.0667. The van der Waals surface area contributed by atoms with Gasteiger partial charge in [-0.25, -0.2) is 8.78 Å². The van der Waals surface area contributed by atoms with E-state index in [1.807, 2.05) is 0 Å². The Kier molecular flexibility index (Phi) is 4.63. The van der Waals surface area contributed by atoms with Gasteiger partial charge in [0.25, 0.3) is 5.91 Å². The van der Waals surface area contributed by atoms with Crippen molar-refractivity contribution < 1.29 is 27.2 Å². The Bertz CT molecular complexity index is 778. The molecule has 2 aromatic carbocycles. The topological polar surface area (TPSA) is 72.2 Å². The Balaban J connectivity index is 2.58. The number of carbonyl (C=O) groups is 2. The zero-order valence-corrected chi connectivity index (χ0v) is 11.4. The van der Waals surface area contributed by atoms with E-state index in [0.29, 0.717) is 0 Å². The summed E-state index contributed by atoms with van der Waals surface area (Å²) in [5, 5.41) is 1.48. The average molecular weight is 326 g/mol. The normalized spacial score (nSPS) is 10.7. The molecule has 0 atom stereocenters. The highest BCUT2D eigenvalue weighted by atomic mass is 19.3. The minimum absolute atomic E-state index is 0.0378. The molecule has 0 unspecified atom stereocenters. The predicted octanol–water partition coefficient (Wildman–Crippen LogP) is 2.93. The molecule has 120 valence electrons. The first-order valence-corrected chi connectivity index (χ1v) is 6.29. The quantitative estimate of drug-likeness (QED) is 0.848. The van der Waals surface area contributed by atoms with Gasteiger partial charge in [-0.15, -0.1) is 0 Å². The number of hydrogen-bond acceptors (Lipinski definition) is 2. The SMILES string of the molecule is NC(=O)c1ccccc1-c1ccc(F)c(NC(=O)C(F)F)c1F. The second kappa shape index (κ2) is 6.47. The van der Waals surface area contributed by atoms with E-state index in [1.54, 1.807) is 0 Å². The van der Waals surface area contributed by atoms with Crippen molar-refractivity contribution in [2.45, 2.75) is 6.43 Å². The van der Waals surface area contributed by atoms with Crippen LogP contribution in [0.4, 0.5) is 23.2 Å². The molecule has 0 spiro atoms. The van der Waals surface area contributed by atoms with Gasteiger partial charge in [0.05, 0.1) is 0 Å². The Morgan fingerprint density at radius 3 is 2.26 bits per heavy atom. The zero-order chi connectivity index (χ0) is 17.1. The third-order valence-corrected chi connectivity index (χ3v) is 3.02. The van der Waals surface area contributed by atoms with Gasteiger partial charge in [0.1, 0.15) is 11.5 Å². The van der Waals surface area contributed by atoms with Gasteiger partial charge in [-0.2, -0.15) is 8.78 Å². The maximum atomic E-state index is 14.4. The summed E-state index contributed by atoms with van der Waals surface area (Å²) in [5.74, 6) is -5.20. The van der Waals surface area contributed by atoms with Gasteiger partial charge >= 0.3 is 6.43 Å². The number of halogens is 4. The second-order valence-electron chi connectivity index (χ2n) is 4.48. The van der Waals surface area contributed by atoms with Gasteiger partial charge in [-0.3, -0.25) is 9.59 Å². The van der Waals surface area contributed by atoms with Crippen molar-refractivity contribution in [3.8, 4) is 11.1 Å². The molecule has 2 amide bonds. The molecule has 0 bridgehead atoms. The van der Waals surface area contributed by atoms with Crippen molar-refractivity contribution in [2.75, 3.05) is 5.32 Å². The standard InChI is InChI=1S/C15H10F4N2O2/c16-10-6-5-8(7-3-1-2-4-9(7)14(20)22)11(17)12(10)21-15(23)13(18)19/h1-6,13H,(H2,20,22)(H,21,23). The number of nitrogens with two attached hydrogens (primary N) is 1. The maximum absolute atomic E-state index is 14.4. The summed E-state index contributed by atoms with van der Waals surface area (Å²) >= 11 is 0. The van der Waals surface area contributed by atoms with Crippen LogP contribution in [-0.4, -0.2) is 18.2 Å². The molecule has 2 rings (SSSR count). The number of benzene rings is 2. The van der Waals surface area contributed by atoms with Crippen LogP contribution in [0.5, 0.6) is 0 Å². The first-order chi connectivity index (χ1) is 10.8. The van der Waals surface area contributed by atoms with Gasteiger partial charge in [0, 0.05) is 11.1 Å². The number of rotatable bonds is 4. The number of amides is 2. The molecule has 0 fully saturated rings. The molecule has 4 nitrogen and oxygen atoms in total. The lowest BCUT2D eigenvalue weighted by atomic mass is 9.98. The number of anilines is 1. The number of alkyl halides is 2. The third-order valence-electron chi connectivity index (χ3n) is 3.02. The van der Waals surface area contributed by atoms with Crippen LogP contribution in [0.15, 0.2) is 36.4 Å². The number of hydrogen-bond donors (Lipinski definition) is 2. The van der Waals surface area contributed by atoms with Crippen LogP contribution in [0.1, 0.15) is 10.4 Å². The van der Waals surface area contributed by atoms with Gasteiger partial charge < -0.3 is 11.1 Å². The van der Waals surface area contributed by atoms with Crippen LogP contribution >= 0.6 is 0 Å². The van der Waals surface area contributed by atoms with Crippen molar-refractivity contribution in [3.05, 3.63) is 53.6 Å². The Morgan fingerprint density at radius 2 is 1.65 bits per heavy atom. The lowest BCUT2D eigenvalue weighted by molar-refractivity contribution is -0.126. The molecule has 3 N–H and O–H groups in total. The van der Waals surface area contributed by atoms with Crippen molar-refractivity contribution in [3.63, 3.8) is 0 Å². The molecule has 0 aliphatic carbocycles. The summed E-state index contributed by atoms with van der Waals surface area (Å²) in [5.41, 5.74) is 3.91. The largest absolute Gasteiger partial charge is 0.366 e. The fourth-order valence-corrected chi connectivity index (χ4v) is 1.99. The fourth-order valence-electron chi connectivity index (χ4n) is 1.99.